The van der Waals surface area contributed by atoms with Gasteiger partial charge >= 0.3 is 6.09 Å². The monoisotopic (exact) mass is 363 g/mol. The molecule has 1 aromatic carbocycles. The summed E-state index contributed by atoms with van der Waals surface area (Å²) in [7, 11) is 0. The van der Waals surface area contributed by atoms with Gasteiger partial charge in [-0.1, -0.05) is 6.08 Å². The van der Waals surface area contributed by atoms with Gasteiger partial charge in [0.15, 0.2) is 0 Å². The lowest BCUT2D eigenvalue weighted by Crippen LogP contribution is -2.33. The number of carbonyl (C=O) groups is 2. The van der Waals surface area contributed by atoms with Crippen LogP contribution >= 0.6 is 11.8 Å². The minimum atomic E-state index is -0.548. The molecule has 1 atom stereocenters. The molecule has 0 bridgehead atoms. The van der Waals surface area contributed by atoms with Gasteiger partial charge in [-0.15, -0.1) is 11.8 Å². The van der Waals surface area contributed by atoms with Crippen molar-refractivity contribution >= 4 is 35.1 Å². The maximum absolute atomic E-state index is 14.5. The molecule has 1 saturated heterocycles. The molecule has 25 heavy (non-hydrogen) atoms. The van der Waals surface area contributed by atoms with Crippen LogP contribution in [-0.2, 0) is 9.53 Å². The maximum atomic E-state index is 14.5. The quantitative estimate of drug-likeness (QED) is 0.891. The zero-order chi connectivity index (χ0) is 17.8. The Labute approximate surface area is 149 Å². The summed E-state index contributed by atoms with van der Waals surface area (Å²) in [5.41, 5.74) is 0.829. The van der Waals surface area contributed by atoms with Crippen molar-refractivity contribution in [2.45, 2.75) is 13.0 Å². The Kier molecular flexibility index (Phi) is 5.28. The van der Waals surface area contributed by atoms with E-state index in [2.05, 4.69) is 5.32 Å². The Morgan fingerprint density at radius 1 is 1.44 bits per heavy atom. The summed E-state index contributed by atoms with van der Waals surface area (Å²) in [6.45, 7) is 1.89. The molecule has 0 aromatic heterocycles. The Morgan fingerprint density at radius 2 is 2.28 bits per heavy atom. The van der Waals surface area contributed by atoms with Gasteiger partial charge in [0.2, 0.25) is 5.91 Å². The van der Waals surface area contributed by atoms with Crippen LogP contribution in [0.3, 0.4) is 0 Å². The summed E-state index contributed by atoms with van der Waals surface area (Å²) in [6.07, 6.45) is 4.55. The topological polar surface area (TPSA) is 61.9 Å². The fourth-order valence-corrected chi connectivity index (χ4v) is 3.08. The molecule has 1 fully saturated rings. The van der Waals surface area contributed by atoms with Crippen LogP contribution in [0.4, 0.5) is 20.6 Å². The highest BCUT2D eigenvalue weighted by Crippen LogP contribution is 2.29. The van der Waals surface area contributed by atoms with E-state index in [4.69, 9.17) is 4.74 Å². The van der Waals surface area contributed by atoms with Gasteiger partial charge < -0.3 is 15.0 Å². The van der Waals surface area contributed by atoms with E-state index in [1.54, 1.807) is 35.0 Å². The molecular formula is C17H18FN3O3S. The third kappa shape index (κ3) is 4.14. The standard InChI is InChI=1S/C17H18FN3O3S/c1-12(22)19-10-14-11-21(17(23)24-14)13-3-4-16(15(18)9-13)20-5-2-7-25-8-6-20/h2-6,8-9,14H,7,10-11H2,1H3,(H,19,22)/t14-/m0/s1. The molecule has 0 saturated carbocycles. The number of ether oxygens (including phenoxy) is 1. The van der Waals surface area contributed by atoms with Gasteiger partial charge in [0.25, 0.3) is 0 Å². The average Bonchev–Trinajstić information content (AvgIpc) is 2.78. The van der Waals surface area contributed by atoms with Gasteiger partial charge in [-0.05, 0) is 23.6 Å². The number of hydrogen-bond acceptors (Lipinski definition) is 5. The first-order valence-electron chi connectivity index (χ1n) is 7.80. The van der Waals surface area contributed by atoms with E-state index in [9.17, 15) is 14.0 Å². The van der Waals surface area contributed by atoms with E-state index in [-0.39, 0.29) is 19.0 Å². The Balaban J connectivity index is 1.74. The van der Waals surface area contributed by atoms with Crippen molar-refractivity contribution in [3.8, 4) is 0 Å². The van der Waals surface area contributed by atoms with Gasteiger partial charge in [-0.25, -0.2) is 9.18 Å². The summed E-state index contributed by atoms with van der Waals surface area (Å²) in [5.74, 6) is 0.209. The molecule has 8 heteroatoms. The molecule has 0 spiro atoms. The van der Waals surface area contributed by atoms with E-state index < -0.39 is 18.0 Å². The first-order chi connectivity index (χ1) is 12.0. The first kappa shape index (κ1) is 17.3. The molecule has 1 N–H and O–H groups in total. The number of thioether (sulfide) groups is 1. The van der Waals surface area contributed by atoms with E-state index >= 15 is 0 Å². The number of amides is 2. The Morgan fingerprint density at radius 3 is 3.04 bits per heavy atom. The van der Waals surface area contributed by atoms with Crippen LogP contribution in [0.1, 0.15) is 6.92 Å². The fraction of sp³-hybridized carbons (Fsp3) is 0.294. The molecule has 0 radical (unpaired) electrons. The Bertz CT molecular complexity index is 724. The predicted octanol–water partition coefficient (Wildman–Crippen LogP) is 2.83. The van der Waals surface area contributed by atoms with Crippen LogP contribution in [0.15, 0.2) is 42.1 Å². The highest BCUT2D eigenvalue weighted by Gasteiger charge is 2.32. The largest absolute Gasteiger partial charge is 0.442 e. The normalized spacial score (nSPS) is 19.8. The van der Waals surface area contributed by atoms with Gasteiger partial charge in [0, 0.05) is 25.1 Å². The number of rotatable bonds is 4. The summed E-state index contributed by atoms with van der Waals surface area (Å²) in [5, 5.41) is 4.51. The fourth-order valence-electron chi connectivity index (χ4n) is 2.56. The number of carbonyl (C=O) groups excluding carboxylic acids is 2. The summed E-state index contributed by atoms with van der Waals surface area (Å²) in [6, 6.07) is 4.63. The SMILES string of the molecule is CC(=O)NC[C@H]1CN(c2ccc(N3C=CCSC=C3)c(F)c2)C(=O)O1. The molecule has 2 heterocycles. The van der Waals surface area contributed by atoms with Crippen LogP contribution < -0.4 is 15.1 Å². The molecular weight excluding hydrogens is 345 g/mol. The molecule has 0 unspecified atom stereocenters. The molecule has 3 rings (SSSR count). The second-order valence-corrected chi connectivity index (χ2v) is 6.54. The third-order valence-corrected chi connectivity index (χ3v) is 4.45. The zero-order valence-corrected chi connectivity index (χ0v) is 14.5. The molecule has 132 valence electrons. The van der Waals surface area contributed by atoms with Gasteiger partial charge in [0.05, 0.1) is 24.5 Å². The van der Waals surface area contributed by atoms with Gasteiger partial charge in [0.1, 0.15) is 11.9 Å². The lowest BCUT2D eigenvalue weighted by molar-refractivity contribution is -0.119. The van der Waals surface area contributed by atoms with Crippen LogP contribution in [0.25, 0.3) is 0 Å². The molecule has 1 aromatic rings. The van der Waals surface area contributed by atoms with Crippen molar-refractivity contribution in [2.75, 3.05) is 28.6 Å². The lowest BCUT2D eigenvalue weighted by atomic mass is 10.2. The van der Waals surface area contributed by atoms with Crippen molar-refractivity contribution in [1.82, 2.24) is 5.32 Å². The summed E-state index contributed by atoms with van der Waals surface area (Å²) < 4.78 is 19.7. The van der Waals surface area contributed by atoms with Crippen molar-refractivity contribution in [2.24, 2.45) is 0 Å². The van der Waals surface area contributed by atoms with E-state index in [1.807, 2.05) is 17.7 Å². The number of nitrogens with one attached hydrogen (secondary N) is 1. The van der Waals surface area contributed by atoms with Crippen LogP contribution in [-0.4, -0.2) is 36.9 Å². The minimum Gasteiger partial charge on any atom is -0.442 e. The van der Waals surface area contributed by atoms with Crippen LogP contribution in [0, 0.1) is 5.82 Å². The molecule has 2 aliphatic heterocycles. The van der Waals surface area contributed by atoms with E-state index in [0.717, 1.165) is 5.75 Å². The van der Waals surface area contributed by atoms with Crippen LogP contribution in [0.2, 0.25) is 0 Å². The summed E-state index contributed by atoms with van der Waals surface area (Å²) in [4.78, 5) is 26.0. The van der Waals surface area contributed by atoms with E-state index in [1.165, 1.54) is 17.9 Å². The smallest absolute Gasteiger partial charge is 0.414 e. The van der Waals surface area contributed by atoms with Gasteiger partial charge in [-0.2, -0.15) is 0 Å². The Hall–Kier alpha value is -2.48. The number of benzene rings is 1. The number of anilines is 2. The predicted molar refractivity (Wildman–Crippen MR) is 95.9 cm³/mol. The van der Waals surface area contributed by atoms with Crippen LogP contribution in [0.5, 0.6) is 0 Å². The lowest BCUT2D eigenvalue weighted by Gasteiger charge is -2.18. The van der Waals surface area contributed by atoms with Gasteiger partial charge in [-0.3, -0.25) is 9.69 Å². The number of nitrogens with zero attached hydrogens (tertiary/aromatic N) is 2. The maximum Gasteiger partial charge on any atom is 0.414 e. The van der Waals surface area contributed by atoms with E-state index in [0.29, 0.717) is 11.4 Å². The second kappa shape index (κ2) is 7.60. The third-order valence-electron chi connectivity index (χ3n) is 3.75. The molecule has 2 amide bonds. The molecule has 2 aliphatic rings. The first-order valence-corrected chi connectivity index (χ1v) is 8.85. The highest BCUT2D eigenvalue weighted by molar-refractivity contribution is 8.02. The number of halogens is 1. The minimum absolute atomic E-state index is 0.193. The summed E-state index contributed by atoms with van der Waals surface area (Å²) >= 11 is 1.62. The number of hydrogen-bond donors (Lipinski definition) is 1. The van der Waals surface area contributed by atoms with Crippen molar-refractivity contribution in [3.05, 3.63) is 47.9 Å². The average molecular weight is 363 g/mol. The second-order valence-electron chi connectivity index (χ2n) is 5.60. The van der Waals surface area contributed by atoms with Crippen molar-refractivity contribution in [3.63, 3.8) is 0 Å². The highest BCUT2D eigenvalue weighted by atomic mass is 32.2. The zero-order valence-electron chi connectivity index (χ0n) is 13.6. The van der Waals surface area contributed by atoms with Crippen molar-refractivity contribution in [1.29, 1.82) is 0 Å². The number of cyclic esters (lactones) is 1. The molecule has 6 nitrogen and oxygen atoms in total. The van der Waals surface area contributed by atoms with Crippen molar-refractivity contribution < 1.29 is 18.7 Å². The molecule has 0 aliphatic carbocycles.